The highest BCUT2D eigenvalue weighted by Gasteiger charge is 2.15. The first-order valence-corrected chi connectivity index (χ1v) is 6.12. The predicted octanol–water partition coefficient (Wildman–Crippen LogP) is 2.04. The fraction of sp³-hybridized carbons (Fsp3) is 0.571. The second-order valence-electron chi connectivity index (χ2n) is 4.54. The van der Waals surface area contributed by atoms with E-state index in [1.165, 1.54) is 0 Å². The van der Waals surface area contributed by atoms with Crippen LogP contribution >= 0.6 is 0 Å². The van der Waals surface area contributed by atoms with Crippen LogP contribution in [0.4, 0.5) is 0 Å². The van der Waals surface area contributed by atoms with Crippen molar-refractivity contribution < 1.29 is 14.6 Å². The summed E-state index contributed by atoms with van der Waals surface area (Å²) in [6.45, 7) is 6.18. The Morgan fingerprint density at radius 1 is 1.17 bits per heavy atom. The van der Waals surface area contributed by atoms with E-state index in [0.29, 0.717) is 0 Å². The number of aryl methyl sites for hydroxylation is 1. The fourth-order valence-electron chi connectivity index (χ4n) is 2.03. The summed E-state index contributed by atoms with van der Waals surface area (Å²) in [5, 5.41) is 12.4. The van der Waals surface area contributed by atoms with Gasteiger partial charge in [-0.3, -0.25) is 0 Å². The molecule has 102 valence electrons. The van der Waals surface area contributed by atoms with Gasteiger partial charge in [-0.1, -0.05) is 0 Å². The molecule has 0 amide bonds. The van der Waals surface area contributed by atoms with E-state index < -0.39 is 0 Å². The molecular formula is C14H23NO3. The molecule has 1 rings (SSSR count). The van der Waals surface area contributed by atoms with Gasteiger partial charge in [-0.2, -0.15) is 0 Å². The SMILES string of the molecule is COc1cc(C)c(C(C)N[C@H](C)CO)cc1OC. The van der Waals surface area contributed by atoms with Crippen LogP contribution in [-0.2, 0) is 0 Å². The van der Waals surface area contributed by atoms with Gasteiger partial charge in [-0.25, -0.2) is 0 Å². The average molecular weight is 253 g/mol. The Balaban J connectivity index is 3.01. The van der Waals surface area contributed by atoms with Gasteiger partial charge in [0.2, 0.25) is 0 Å². The normalized spacial score (nSPS) is 14.1. The minimum Gasteiger partial charge on any atom is -0.493 e. The summed E-state index contributed by atoms with van der Waals surface area (Å²) in [4.78, 5) is 0. The Morgan fingerprint density at radius 3 is 2.22 bits per heavy atom. The Morgan fingerprint density at radius 2 is 1.72 bits per heavy atom. The predicted molar refractivity (Wildman–Crippen MR) is 72.4 cm³/mol. The molecule has 2 atom stereocenters. The lowest BCUT2D eigenvalue weighted by Gasteiger charge is -2.22. The van der Waals surface area contributed by atoms with Gasteiger partial charge in [-0.05, 0) is 44.0 Å². The lowest BCUT2D eigenvalue weighted by Crippen LogP contribution is -2.32. The molecule has 0 radical (unpaired) electrons. The summed E-state index contributed by atoms with van der Waals surface area (Å²) >= 11 is 0. The van der Waals surface area contributed by atoms with Gasteiger partial charge >= 0.3 is 0 Å². The van der Waals surface area contributed by atoms with Gasteiger partial charge in [0.1, 0.15) is 0 Å². The van der Waals surface area contributed by atoms with Crippen LogP contribution in [0.2, 0.25) is 0 Å². The number of aliphatic hydroxyl groups is 1. The van der Waals surface area contributed by atoms with Gasteiger partial charge in [0.25, 0.3) is 0 Å². The molecule has 4 heteroatoms. The third-order valence-corrected chi connectivity index (χ3v) is 3.05. The lowest BCUT2D eigenvalue weighted by molar-refractivity contribution is 0.243. The molecule has 0 heterocycles. The van der Waals surface area contributed by atoms with Gasteiger partial charge in [0, 0.05) is 12.1 Å². The van der Waals surface area contributed by atoms with Crippen LogP contribution in [-0.4, -0.2) is 32.0 Å². The summed E-state index contributed by atoms with van der Waals surface area (Å²) in [7, 11) is 3.26. The fourth-order valence-corrected chi connectivity index (χ4v) is 2.03. The highest BCUT2D eigenvalue weighted by Crippen LogP contribution is 2.32. The third kappa shape index (κ3) is 3.37. The largest absolute Gasteiger partial charge is 0.493 e. The summed E-state index contributed by atoms with van der Waals surface area (Å²) in [6, 6.07) is 4.16. The number of methoxy groups -OCH3 is 2. The average Bonchev–Trinajstić information content (AvgIpc) is 2.37. The number of hydrogen-bond acceptors (Lipinski definition) is 4. The molecular weight excluding hydrogens is 230 g/mol. The van der Waals surface area contributed by atoms with E-state index in [0.717, 1.165) is 22.6 Å². The monoisotopic (exact) mass is 253 g/mol. The van der Waals surface area contributed by atoms with E-state index in [4.69, 9.17) is 14.6 Å². The van der Waals surface area contributed by atoms with Gasteiger partial charge in [0.05, 0.1) is 20.8 Å². The van der Waals surface area contributed by atoms with Crippen LogP contribution in [0, 0.1) is 6.92 Å². The maximum atomic E-state index is 9.08. The smallest absolute Gasteiger partial charge is 0.161 e. The Kier molecular flexibility index (Phi) is 5.44. The minimum absolute atomic E-state index is 0.0625. The van der Waals surface area contributed by atoms with Crippen molar-refractivity contribution in [3.8, 4) is 11.5 Å². The zero-order valence-electron chi connectivity index (χ0n) is 11.8. The lowest BCUT2D eigenvalue weighted by atomic mass is 10.0. The van der Waals surface area contributed by atoms with Crippen LogP contribution in [0.1, 0.15) is 31.0 Å². The molecule has 0 aliphatic rings. The van der Waals surface area contributed by atoms with Crippen LogP contribution < -0.4 is 14.8 Å². The standard InChI is InChI=1S/C14H23NO3/c1-9-6-13(17-4)14(18-5)7-12(9)11(3)15-10(2)8-16/h6-7,10-11,15-16H,8H2,1-5H3/t10-,11?/m1/s1. The Hall–Kier alpha value is -1.26. The molecule has 0 aliphatic carbocycles. The van der Waals surface area contributed by atoms with E-state index in [1.807, 2.05) is 26.0 Å². The summed E-state index contributed by atoms with van der Waals surface area (Å²) in [5.74, 6) is 1.46. The van der Waals surface area contributed by atoms with E-state index in [2.05, 4.69) is 12.2 Å². The molecule has 1 aromatic rings. The highest BCUT2D eigenvalue weighted by molar-refractivity contribution is 5.47. The van der Waals surface area contributed by atoms with Crippen molar-refractivity contribution in [1.29, 1.82) is 0 Å². The second-order valence-corrected chi connectivity index (χ2v) is 4.54. The first-order valence-electron chi connectivity index (χ1n) is 6.12. The van der Waals surface area contributed by atoms with E-state index in [1.54, 1.807) is 14.2 Å². The van der Waals surface area contributed by atoms with Crippen molar-refractivity contribution in [2.45, 2.75) is 32.9 Å². The van der Waals surface area contributed by atoms with E-state index >= 15 is 0 Å². The van der Waals surface area contributed by atoms with Crippen molar-refractivity contribution in [3.05, 3.63) is 23.3 Å². The first-order chi connectivity index (χ1) is 8.53. The second kappa shape index (κ2) is 6.61. The maximum absolute atomic E-state index is 9.08. The molecule has 0 aromatic heterocycles. The third-order valence-electron chi connectivity index (χ3n) is 3.05. The Labute approximate surface area is 109 Å². The number of hydrogen-bond donors (Lipinski definition) is 2. The van der Waals surface area contributed by atoms with Crippen molar-refractivity contribution in [1.82, 2.24) is 5.32 Å². The Bertz CT molecular complexity index is 393. The quantitative estimate of drug-likeness (QED) is 0.814. The molecule has 18 heavy (non-hydrogen) atoms. The molecule has 0 spiro atoms. The molecule has 1 aromatic carbocycles. The van der Waals surface area contributed by atoms with Crippen molar-refractivity contribution in [2.75, 3.05) is 20.8 Å². The maximum Gasteiger partial charge on any atom is 0.161 e. The number of aliphatic hydroxyl groups excluding tert-OH is 1. The number of ether oxygens (including phenoxy) is 2. The summed E-state index contributed by atoms with van der Waals surface area (Å²) < 4.78 is 10.6. The minimum atomic E-state index is 0.0625. The van der Waals surface area contributed by atoms with Crippen molar-refractivity contribution in [3.63, 3.8) is 0 Å². The highest BCUT2D eigenvalue weighted by atomic mass is 16.5. The zero-order chi connectivity index (χ0) is 13.7. The molecule has 0 aliphatic heterocycles. The van der Waals surface area contributed by atoms with Crippen LogP contribution in [0.5, 0.6) is 11.5 Å². The van der Waals surface area contributed by atoms with Crippen LogP contribution in [0.3, 0.4) is 0 Å². The van der Waals surface area contributed by atoms with Gasteiger partial charge < -0.3 is 19.9 Å². The van der Waals surface area contributed by atoms with Crippen molar-refractivity contribution in [2.24, 2.45) is 0 Å². The number of nitrogens with one attached hydrogen (secondary N) is 1. The van der Waals surface area contributed by atoms with E-state index in [-0.39, 0.29) is 18.7 Å². The van der Waals surface area contributed by atoms with Gasteiger partial charge in [-0.15, -0.1) is 0 Å². The number of rotatable bonds is 6. The zero-order valence-corrected chi connectivity index (χ0v) is 11.8. The summed E-state index contributed by atoms with van der Waals surface area (Å²) in [5.41, 5.74) is 2.28. The molecule has 4 nitrogen and oxygen atoms in total. The van der Waals surface area contributed by atoms with Crippen LogP contribution in [0.15, 0.2) is 12.1 Å². The molecule has 0 bridgehead atoms. The molecule has 0 saturated heterocycles. The molecule has 0 saturated carbocycles. The molecule has 1 unspecified atom stereocenters. The van der Waals surface area contributed by atoms with Crippen LogP contribution in [0.25, 0.3) is 0 Å². The molecule has 0 fully saturated rings. The number of benzene rings is 1. The van der Waals surface area contributed by atoms with Gasteiger partial charge in [0.15, 0.2) is 11.5 Å². The van der Waals surface area contributed by atoms with E-state index in [9.17, 15) is 0 Å². The summed E-state index contributed by atoms with van der Waals surface area (Å²) in [6.07, 6.45) is 0. The van der Waals surface area contributed by atoms with Crippen molar-refractivity contribution >= 4 is 0 Å². The first kappa shape index (κ1) is 14.8. The topological polar surface area (TPSA) is 50.7 Å². The molecule has 2 N–H and O–H groups in total.